The van der Waals surface area contributed by atoms with Crippen LogP contribution in [0.3, 0.4) is 0 Å². The highest BCUT2D eigenvalue weighted by Crippen LogP contribution is 2.31. The van der Waals surface area contributed by atoms with Gasteiger partial charge in [-0.05, 0) is 22.9 Å². The number of aliphatic hydroxyl groups excluding tert-OH is 1. The molecule has 0 saturated heterocycles. The number of nitrogens with zero attached hydrogens (tertiary/aromatic N) is 1. The minimum Gasteiger partial charge on any atom is -0.398 e. The first-order chi connectivity index (χ1) is 6.77. The Morgan fingerprint density at radius 2 is 2.36 bits per heavy atom. The van der Waals surface area contributed by atoms with Crippen LogP contribution in [0.15, 0.2) is 17.5 Å². The van der Waals surface area contributed by atoms with Crippen molar-refractivity contribution in [3.8, 4) is 6.07 Å². The van der Waals surface area contributed by atoms with Gasteiger partial charge in [0.1, 0.15) is 6.07 Å². The van der Waals surface area contributed by atoms with Crippen molar-refractivity contribution < 1.29 is 5.11 Å². The van der Waals surface area contributed by atoms with Gasteiger partial charge in [-0.15, -0.1) is 11.3 Å². The van der Waals surface area contributed by atoms with Crippen molar-refractivity contribution in [2.24, 2.45) is 0 Å². The molecule has 1 heterocycles. The van der Waals surface area contributed by atoms with Crippen LogP contribution in [0.2, 0.25) is 0 Å². The molecule has 14 heavy (non-hydrogen) atoms. The minimum absolute atomic E-state index is 0.192. The standard InChI is InChI=1S/C10H8N2OS/c11-4-7-8(5-13)9(12)3-6-1-2-14-10(6)7/h1-3,13H,5,12H2. The largest absolute Gasteiger partial charge is 0.398 e. The molecule has 1 aromatic carbocycles. The Morgan fingerprint density at radius 3 is 3.00 bits per heavy atom. The van der Waals surface area contributed by atoms with E-state index in [1.54, 1.807) is 6.07 Å². The molecule has 0 unspecified atom stereocenters. The fourth-order valence-corrected chi connectivity index (χ4v) is 2.36. The smallest absolute Gasteiger partial charge is 0.101 e. The van der Waals surface area contributed by atoms with E-state index in [0.717, 1.165) is 10.1 Å². The van der Waals surface area contributed by atoms with Crippen molar-refractivity contribution in [1.82, 2.24) is 0 Å². The first-order valence-electron chi connectivity index (χ1n) is 4.07. The van der Waals surface area contributed by atoms with Crippen LogP contribution in [0.1, 0.15) is 11.1 Å². The van der Waals surface area contributed by atoms with Crippen molar-refractivity contribution in [2.75, 3.05) is 5.73 Å². The van der Waals surface area contributed by atoms with E-state index in [1.165, 1.54) is 11.3 Å². The number of benzene rings is 1. The molecule has 0 aliphatic carbocycles. The van der Waals surface area contributed by atoms with Crippen LogP contribution in [-0.2, 0) is 6.61 Å². The maximum atomic E-state index is 9.10. The summed E-state index contributed by atoms with van der Waals surface area (Å²) in [6.45, 7) is -0.192. The maximum Gasteiger partial charge on any atom is 0.101 e. The summed E-state index contributed by atoms with van der Waals surface area (Å²) in [5.74, 6) is 0. The zero-order valence-electron chi connectivity index (χ0n) is 7.32. The van der Waals surface area contributed by atoms with E-state index in [4.69, 9.17) is 16.1 Å². The van der Waals surface area contributed by atoms with Crippen molar-refractivity contribution in [2.45, 2.75) is 6.61 Å². The lowest BCUT2D eigenvalue weighted by atomic mass is 10.0. The van der Waals surface area contributed by atoms with E-state index in [1.807, 2.05) is 11.4 Å². The number of hydrogen-bond donors (Lipinski definition) is 2. The number of nitrogens with two attached hydrogens (primary N) is 1. The number of anilines is 1. The molecule has 0 fully saturated rings. The normalized spacial score (nSPS) is 10.3. The van der Waals surface area contributed by atoms with E-state index < -0.39 is 0 Å². The number of hydrogen-bond acceptors (Lipinski definition) is 4. The molecular weight excluding hydrogens is 196 g/mol. The van der Waals surface area contributed by atoms with Crippen LogP contribution in [0.4, 0.5) is 5.69 Å². The van der Waals surface area contributed by atoms with Crippen molar-refractivity contribution in [3.05, 3.63) is 28.6 Å². The average Bonchev–Trinajstić information content (AvgIpc) is 2.62. The molecule has 0 radical (unpaired) electrons. The predicted octanol–water partition coefficient (Wildman–Crippen LogP) is 1.85. The lowest BCUT2D eigenvalue weighted by Gasteiger charge is -2.05. The molecule has 0 aliphatic heterocycles. The van der Waals surface area contributed by atoms with Gasteiger partial charge in [0, 0.05) is 11.3 Å². The Labute approximate surface area is 85.0 Å². The van der Waals surface area contributed by atoms with Gasteiger partial charge in [-0.1, -0.05) is 0 Å². The summed E-state index contributed by atoms with van der Waals surface area (Å²) in [7, 11) is 0. The summed E-state index contributed by atoms with van der Waals surface area (Å²) in [5, 5.41) is 20.9. The summed E-state index contributed by atoms with van der Waals surface area (Å²) in [6.07, 6.45) is 0. The SMILES string of the molecule is N#Cc1c(CO)c(N)cc2ccsc12. The van der Waals surface area contributed by atoms with Gasteiger partial charge in [0.25, 0.3) is 0 Å². The molecule has 0 aliphatic rings. The molecule has 2 aromatic rings. The van der Waals surface area contributed by atoms with E-state index in [2.05, 4.69) is 6.07 Å². The van der Waals surface area contributed by atoms with E-state index in [9.17, 15) is 0 Å². The van der Waals surface area contributed by atoms with Crippen molar-refractivity contribution in [3.63, 3.8) is 0 Å². The lowest BCUT2D eigenvalue weighted by Crippen LogP contribution is -1.97. The summed E-state index contributed by atoms with van der Waals surface area (Å²) >= 11 is 1.49. The van der Waals surface area contributed by atoms with Crippen molar-refractivity contribution in [1.29, 1.82) is 5.26 Å². The van der Waals surface area contributed by atoms with Crippen LogP contribution >= 0.6 is 11.3 Å². The van der Waals surface area contributed by atoms with Crippen LogP contribution < -0.4 is 5.73 Å². The second-order valence-electron chi connectivity index (χ2n) is 2.93. The third kappa shape index (κ3) is 1.15. The predicted molar refractivity (Wildman–Crippen MR) is 56.9 cm³/mol. The van der Waals surface area contributed by atoms with E-state index in [-0.39, 0.29) is 6.61 Å². The topological polar surface area (TPSA) is 70.0 Å². The number of nitriles is 1. The molecule has 70 valence electrons. The van der Waals surface area contributed by atoms with Crippen molar-refractivity contribution >= 4 is 27.1 Å². The molecule has 0 saturated carbocycles. The first-order valence-corrected chi connectivity index (χ1v) is 4.95. The summed E-state index contributed by atoms with van der Waals surface area (Å²) < 4.78 is 0.894. The quantitative estimate of drug-likeness (QED) is 0.696. The minimum atomic E-state index is -0.192. The molecule has 0 atom stereocenters. The van der Waals surface area contributed by atoms with Gasteiger partial charge in [0.2, 0.25) is 0 Å². The molecule has 0 bridgehead atoms. The molecule has 0 spiro atoms. The zero-order valence-corrected chi connectivity index (χ0v) is 8.14. The number of thiophene rings is 1. The highest BCUT2D eigenvalue weighted by atomic mass is 32.1. The van der Waals surface area contributed by atoms with Gasteiger partial charge in [0.15, 0.2) is 0 Å². The fourth-order valence-electron chi connectivity index (χ4n) is 1.46. The molecule has 1 aromatic heterocycles. The van der Waals surface area contributed by atoms with Crippen LogP contribution in [0, 0.1) is 11.3 Å². The zero-order chi connectivity index (χ0) is 10.1. The van der Waals surface area contributed by atoms with Crippen LogP contribution in [-0.4, -0.2) is 5.11 Å². The second-order valence-corrected chi connectivity index (χ2v) is 3.84. The summed E-state index contributed by atoms with van der Waals surface area (Å²) in [5.41, 5.74) is 7.24. The van der Waals surface area contributed by atoms with Gasteiger partial charge >= 0.3 is 0 Å². The third-order valence-corrected chi connectivity index (χ3v) is 3.10. The Bertz CT molecular complexity index is 525. The molecule has 4 heteroatoms. The average molecular weight is 204 g/mol. The number of rotatable bonds is 1. The summed E-state index contributed by atoms with van der Waals surface area (Å²) in [6, 6.07) is 5.79. The highest BCUT2D eigenvalue weighted by molar-refractivity contribution is 7.17. The molecule has 3 N–H and O–H groups in total. The monoisotopic (exact) mass is 204 g/mol. The van der Waals surface area contributed by atoms with E-state index in [0.29, 0.717) is 16.8 Å². The number of aliphatic hydroxyl groups is 1. The lowest BCUT2D eigenvalue weighted by molar-refractivity contribution is 0.282. The number of nitrogen functional groups attached to an aromatic ring is 1. The molecule has 3 nitrogen and oxygen atoms in total. The molecule has 0 amide bonds. The van der Waals surface area contributed by atoms with Gasteiger partial charge in [0.05, 0.1) is 16.9 Å². The highest BCUT2D eigenvalue weighted by Gasteiger charge is 2.11. The Hall–Kier alpha value is -1.57. The van der Waals surface area contributed by atoms with Gasteiger partial charge in [-0.3, -0.25) is 0 Å². The Balaban J connectivity index is 2.91. The van der Waals surface area contributed by atoms with E-state index >= 15 is 0 Å². The van der Waals surface area contributed by atoms with Gasteiger partial charge in [-0.25, -0.2) is 0 Å². The number of fused-ring (bicyclic) bond motifs is 1. The van der Waals surface area contributed by atoms with Gasteiger partial charge < -0.3 is 10.8 Å². The summed E-state index contributed by atoms with van der Waals surface area (Å²) in [4.78, 5) is 0. The Morgan fingerprint density at radius 1 is 1.57 bits per heavy atom. The maximum absolute atomic E-state index is 9.10. The Kier molecular flexibility index (Phi) is 2.12. The third-order valence-electron chi connectivity index (χ3n) is 2.15. The van der Waals surface area contributed by atoms with Crippen LogP contribution in [0.5, 0.6) is 0 Å². The molecule has 2 rings (SSSR count). The molecular formula is C10H8N2OS. The van der Waals surface area contributed by atoms with Gasteiger partial charge in [-0.2, -0.15) is 5.26 Å². The second kappa shape index (κ2) is 3.29. The van der Waals surface area contributed by atoms with Crippen LogP contribution in [0.25, 0.3) is 10.1 Å². The first kappa shape index (κ1) is 9.00. The fraction of sp³-hybridized carbons (Fsp3) is 0.100.